The van der Waals surface area contributed by atoms with Crippen molar-refractivity contribution in [2.75, 3.05) is 20.3 Å². The molecule has 8 nitrogen and oxygen atoms in total. The zero-order valence-electron chi connectivity index (χ0n) is 27.0. The molecule has 258 valence electrons. The molecule has 1 N–H and O–H groups in total. The molecule has 0 aliphatic carbocycles. The number of hydrogen-bond acceptors (Lipinski definition) is 6. The van der Waals surface area contributed by atoms with Crippen LogP contribution >= 0.6 is 0 Å². The van der Waals surface area contributed by atoms with Gasteiger partial charge in [0.05, 0.1) is 31.2 Å². The van der Waals surface area contributed by atoms with Crippen LogP contribution < -0.4 is 15.6 Å². The molecule has 13 heteroatoms. The van der Waals surface area contributed by atoms with E-state index in [9.17, 15) is 27.6 Å². The molecule has 0 unspecified atom stereocenters. The van der Waals surface area contributed by atoms with Crippen LogP contribution in [0.2, 0.25) is 0 Å². The maximum absolute atomic E-state index is 16.0. The number of pyridine rings is 1. The topological polar surface area (TPSA) is 95.9 Å². The summed E-state index contributed by atoms with van der Waals surface area (Å²) in [5.74, 6) is -3.30. The van der Waals surface area contributed by atoms with Gasteiger partial charge in [0.15, 0.2) is 0 Å². The van der Waals surface area contributed by atoms with Crippen LogP contribution in [0.15, 0.2) is 65.6 Å². The van der Waals surface area contributed by atoms with E-state index in [0.717, 1.165) is 17.8 Å². The fourth-order valence-corrected chi connectivity index (χ4v) is 5.97. The molecule has 1 amide bonds. The van der Waals surface area contributed by atoms with Crippen LogP contribution in [0.3, 0.4) is 0 Å². The van der Waals surface area contributed by atoms with Gasteiger partial charge in [-0.05, 0) is 85.8 Å². The van der Waals surface area contributed by atoms with Gasteiger partial charge in [0.25, 0.3) is 5.56 Å². The molecule has 0 saturated carbocycles. The molecular weight excluding hydrogens is 651 g/mol. The maximum Gasteiger partial charge on any atom is 0.416 e. The van der Waals surface area contributed by atoms with Crippen molar-refractivity contribution in [2.45, 2.75) is 51.9 Å². The van der Waals surface area contributed by atoms with Gasteiger partial charge in [-0.2, -0.15) is 13.2 Å². The van der Waals surface area contributed by atoms with Gasteiger partial charge in [-0.25, -0.2) is 8.78 Å². The Morgan fingerprint density at radius 2 is 1.76 bits per heavy atom. The van der Waals surface area contributed by atoms with Crippen molar-refractivity contribution in [2.24, 2.45) is 0 Å². The summed E-state index contributed by atoms with van der Waals surface area (Å²) in [4.78, 5) is 40.6. The summed E-state index contributed by atoms with van der Waals surface area (Å²) in [5, 5.41) is 2.59. The molecule has 1 aromatic heterocycles. The Morgan fingerprint density at radius 1 is 1.00 bits per heavy atom. The number of benzene rings is 3. The third-order valence-electron chi connectivity index (χ3n) is 8.23. The fraction of sp³-hybridized carbons (Fsp3) is 0.306. The number of nitrogens with zero attached hydrogens (tertiary/aromatic N) is 1. The average molecular weight is 685 g/mol. The van der Waals surface area contributed by atoms with E-state index < -0.39 is 64.9 Å². The molecule has 0 saturated heterocycles. The summed E-state index contributed by atoms with van der Waals surface area (Å²) in [5.41, 5.74) is -1.50. The molecule has 1 aliphatic rings. The zero-order chi connectivity index (χ0) is 35.6. The Balaban J connectivity index is 1.82. The lowest BCUT2D eigenvalue weighted by molar-refractivity contribution is -0.144. The van der Waals surface area contributed by atoms with E-state index in [1.165, 1.54) is 32.2 Å². The lowest BCUT2D eigenvalue weighted by Crippen LogP contribution is -2.41. The second-order valence-electron chi connectivity index (χ2n) is 11.6. The van der Waals surface area contributed by atoms with Gasteiger partial charge in [-0.15, -0.1) is 0 Å². The van der Waals surface area contributed by atoms with Crippen LogP contribution in [0.4, 0.5) is 22.0 Å². The van der Waals surface area contributed by atoms with E-state index in [2.05, 4.69) is 5.32 Å². The number of fused-ring (bicyclic) bond motifs is 6. The predicted octanol–water partition coefficient (Wildman–Crippen LogP) is 7.12. The Hall–Kier alpha value is -5.04. The highest BCUT2D eigenvalue weighted by molar-refractivity contribution is 5.85. The summed E-state index contributed by atoms with van der Waals surface area (Å²) in [6.07, 6.45) is -4.95. The summed E-state index contributed by atoms with van der Waals surface area (Å²) in [6, 6.07) is 8.66. The number of nitrogens with one attached hydrogen (secondary N) is 1. The predicted molar refractivity (Wildman–Crippen MR) is 169 cm³/mol. The minimum atomic E-state index is -4.93. The Morgan fingerprint density at radius 3 is 2.45 bits per heavy atom. The number of amides is 1. The Kier molecular flexibility index (Phi) is 10.2. The normalized spacial score (nSPS) is 16.0. The lowest BCUT2D eigenvalue weighted by Gasteiger charge is -2.26. The number of alkyl halides is 3. The van der Waals surface area contributed by atoms with Crippen LogP contribution in [0.25, 0.3) is 11.1 Å². The summed E-state index contributed by atoms with van der Waals surface area (Å²) in [6.45, 7) is 4.70. The van der Waals surface area contributed by atoms with Crippen LogP contribution in [0, 0.1) is 25.5 Å². The monoisotopic (exact) mass is 684 g/mol. The van der Waals surface area contributed by atoms with Crippen LogP contribution in [-0.2, 0) is 31.7 Å². The molecule has 2 heterocycles. The standard InChI is InChI=1S/C36H33F5N2O6/c1-5-48-31(45)17-28-25-14-22(13-20(3)33(25)38)32-19(2)7-6-8-29(32)49-23-9-10-27(37)24(15-23)34(35(46)42-28)43-18-21(11-12-47-4)26(16-30(43)44)36(39,40)41/h6-10,13-16,18,28,34H,5,11-12,17H2,1-4H3,(H,42,46)/t28-,34+/m0/s1. The van der Waals surface area contributed by atoms with Crippen LogP contribution in [-0.4, -0.2) is 36.8 Å². The number of ether oxygens (including phenoxy) is 3. The molecule has 5 rings (SSSR count). The summed E-state index contributed by atoms with van der Waals surface area (Å²) >= 11 is 0. The molecule has 2 atom stereocenters. The van der Waals surface area contributed by atoms with Crippen molar-refractivity contribution in [3.63, 3.8) is 0 Å². The third kappa shape index (κ3) is 7.36. The van der Waals surface area contributed by atoms with Crippen LogP contribution in [0.5, 0.6) is 11.5 Å². The highest BCUT2D eigenvalue weighted by Gasteiger charge is 2.37. The maximum atomic E-state index is 16.0. The first-order valence-corrected chi connectivity index (χ1v) is 15.4. The van der Waals surface area contributed by atoms with Gasteiger partial charge in [-0.3, -0.25) is 19.0 Å². The van der Waals surface area contributed by atoms with E-state index in [1.807, 2.05) is 0 Å². The molecule has 3 aromatic carbocycles. The smallest absolute Gasteiger partial charge is 0.416 e. The average Bonchev–Trinajstić information content (AvgIpc) is 3.03. The van der Waals surface area contributed by atoms with E-state index in [1.54, 1.807) is 38.1 Å². The largest absolute Gasteiger partial charge is 0.466 e. The van der Waals surface area contributed by atoms with E-state index in [4.69, 9.17) is 14.2 Å². The third-order valence-corrected chi connectivity index (χ3v) is 8.23. The molecule has 49 heavy (non-hydrogen) atoms. The molecule has 0 radical (unpaired) electrons. The number of hydrogen-bond donors (Lipinski definition) is 1. The van der Waals surface area contributed by atoms with Gasteiger partial charge in [-0.1, -0.05) is 12.1 Å². The highest BCUT2D eigenvalue weighted by atomic mass is 19.4. The quantitative estimate of drug-likeness (QED) is 0.165. The van der Waals surface area contributed by atoms with E-state index >= 15 is 8.78 Å². The van der Waals surface area contributed by atoms with Crippen molar-refractivity contribution in [3.05, 3.63) is 116 Å². The number of carbonyl (C=O) groups is 2. The molecular formula is C36H33F5N2O6. The minimum Gasteiger partial charge on any atom is -0.466 e. The molecule has 1 aliphatic heterocycles. The van der Waals surface area contributed by atoms with Crippen molar-refractivity contribution in [1.29, 1.82) is 0 Å². The highest BCUT2D eigenvalue weighted by Crippen LogP contribution is 2.40. The summed E-state index contributed by atoms with van der Waals surface area (Å²) < 4.78 is 90.8. The molecule has 0 fully saturated rings. The number of aryl methyl sites for hydroxylation is 2. The first-order valence-electron chi connectivity index (χ1n) is 15.4. The second kappa shape index (κ2) is 14.2. The summed E-state index contributed by atoms with van der Waals surface area (Å²) in [7, 11) is 1.28. The van der Waals surface area contributed by atoms with Gasteiger partial charge in [0.2, 0.25) is 5.91 Å². The zero-order valence-corrected chi connectivity index (χ0v) is 27.0. The number of carbonyl (C=O) groups excluding carboxylic acids is 2. The number of rotatable bonds is 7. The van der Waals surface area contributed by atoms with Gasteiger partial charge < -0.3 is 19.5 Å². The number of methoxy groups -OCH3 is 1. The Bertz CT molecular complexity index is 1970. The van der Waals surface area contributed by atoms with E-state index in [-0.39, 0.29) is 42.1 Å². The molecule has 0 spiro atoms. The van der Waals surface area contributed by atoms with Gasteiger partial charge in [0.1, 0.15) is 29.2 Å². The number of esters is 1. The van der Waals surface area contributed by atoms with Gasteiger partial charge >= 0.3 is 12.1 Å². The minimum absolute atomic E-state index is 0.0171. The molecule has 4 bridgehead atoms. The fourth-order valence-electron chi connectivity index (χ4n) is 5.97. The second-order valence-corrected chi connectivity index (χ2v) is 11.6. The van der Waals surface area contributed by atoms with E-state index in [0.29, 0.717) is 27.5 Å². The van der Waals surface area contributed by atoms with Gasteiger partial charge in [0, 0.05) is 36.1 Å². The number of halogens is 5. The first kappa shape index (κ1) is 35.3. The SMILES string of the molecule is CCOC(=O)C[C@@H]1NC(=O)[C@H](n2cc(CCOC)c(C(F)(F)F)cc2=O)c2cc(ccc2F)Oc2cccc(C)c2-c2cc(C)c(F)c1c2. The van der Waals surface area contributed by atoms with Crippen molar-refractivity contribution >= 4 is 11.9 Å². The number of aromatic nitrogens is 1. The lowest BCUT2D eigenvalue weighted by atomic mass is 9.92. The Labute approximate surface area is 278 Å². The first-order chi connectivity index (χ1) is 23.2. The van der Waals surface area contributed by atoms with Crippen LogP contribution in [0.1, 0.15) is 58.8 Å². The molecule has 4 aromatic rings. The van der Waals surface area contributed by atoms with Crippen molar-refractivity contribution in [3.8, 4) is 22.6 Å². The van der Waals surface area contributed by atoms with Crippen molar-refractivity contribution < 1.29 is 45.8 Å². The van der Waals surface area contributed by atoms with Crippen molar-refractivity contribution in [1.82, 2.24) is 9.88 Å².